The Morgan fingerprint density at radius 2 is 2.00 bits per heavy atom. The lowest BCUT2D eigenvalue weighted by molar-refractivity contribution is 0.199. The molecule has 21 heavy (non-hydrogen) atoms. The molecule has 0 bridgehead atoms. The number of rotatable bonds is 2. The van der Waals surface area contributed by atoms with Gasteiger partial charge >= 0.3 is 0 Å². The van der Waals surface area contributed by atoms with Gasteiger partial charge in [-0.2, -0.15) is 0 Å². The van der Waals surface area contributed by atoms with Crippen LogP contribution < -0.4 is 9.64 Å². The molecule has 0 fully saturated rings. The number of hydrogen-bond donors (Lipinski definition) is 1. The molecule has 2 aromatic carbocycles. The number of para-hydroxylation sites is 2. The third kappa shape index (κ3) is 2.72. The zero-order chi connectivity index (χ0) is 14.8. The maximum atomic E-state index is 14.3. The van der Waals surface area contributed by atoms with E-state index in [9.17, 15) is 9.50 Å². The van der Waals surface area contributed by atoms with E-state index in [0.29, 0.717) is 30.9 Å². The summed E-state index contributed by atoms with van der Waals surface area (Å²) in [5.74, 6) is 0.530. The highest BCUT2D eigenvalue weighted by atomic mass is 19.1. The Bertz CT molecular complexity index is 642. The van der Waals surface area contributed by atoms with Gasteiger partial charge in [-0.1, -0.05) is 30.3 Å². The van der Waals surface area contributed by atoms with Gasteiger partial charge in [0, 0.05) is 17.7 Å². The average molecular weight is 287 g/mol. The molecule has 1 heterocycles. The standard InChI is InChI=1S/C17H18FNO2/c1-12(20)14-6-4-7-15(18)17(14)19-9-10-21-16-8-3-2-5-13(16)11-19/h2-8,12,20H,9-11H2,1H3/t12-/m1/s1. The second kappa shape index (κ2) is 5.74. The van der Waals surface area contributed by atoms with Crippen LogP contribution in [0.15, 0.2) is 42.5 Å². The molecule has 1 N–H and O–H groups in total. The van der Waals surface area contributed by atoms with Crippen LogP contribution in [0.4, 0.5) is 10.1 Å². The van der Waals surface area contributed by atoms with E-state index in [0.717, 1.165) is 11.3 Å². The van der Waals surface area contributed by atoms with Gasteiger partial charge in [-0.05, 0) is 19.1 Å². The average Bonchev–Trinajstić information content (AvgIpc) is 2.68. The second-order valence-corrected chi connectivity index (χ2v) is 5.23. The van der Waals surface area contributed by atoms with E-state index in [4.69, 9.17) is 4.74 Å². The van der Waals surface area contributed by atoms with Gasteiger partial charge in [-0.3, -0.25) is 0 Å². The van der Waals surface area contributed by atoms with Crippen LogP contribution in [0.5, 0.6) is 5.75 Å². The van der Waals surface area contributed by atoms with Crippen LogP contribution in [0.25, 0.3) is 0 Å². The number of aliphatic hydroxyl groups excluding tert-OH is 1. The first-order valence-corrected chi connectivity index (χ1v) is 7.09. The summed E-state index contributed by atoms with van der Waals surface area (Å²) in [4.78, 5) is 1.93. The predicted octanol–water partition coefficient (Wildman–Crippen LogP) is 3.28. The number of ether oxygens (including phenoxy) is 1. The maximum Gasteiger partial charge on any atom is 0.146 e. The Hall–Kier alpha value is -2.07. The molecule has 4 heteroatoms. The molecule has 0 unspecified atom stereocenters. The quantitative estimate of drug-likeness (QED) is 0.920. The summed E-state index contributed by atoms with van der Waals surface area (Å²) in [5.41, 5.74) is 2.09. The van der Waals surface area contributed by atoms with Crippen LogP contribution in [0.1, 0.15) is 24.2 Å². The SMILES string of the molecule is C[C@@H](O)c1cccc(F)c1N1CCOc2ccccc2C1. The van der Waals surface area contributed by atoms with Crippen molar-refractivity contribution < 1.29 is 14.2 Å². The van der Waals surface area contributed by atoms with Gasteiger partial charge in [-0.25, -0.2) is 4.39 Å². The molecule has 3 nitrogen and oxygen atoms in total. The fourth-order valence-electron chi connectivity index (χ4n) is 2.72. The van der Waals surface area contributed by atoms with Crippen LogP contribution in [-0.4, -0.2) is 18.3 Å². The van der Waals surface area contributed by atoms with Crippen molar-refractivity contribution in [2.75, 3.05) is 18.1 Å². The topological polar surface area (TPSA) is 32.7 Å². The van der Waals surface area contributed by atoms with Gasteiger partial charge in [0.25, 0.3) is 0 Å². The number of aliphatic hydroxyl groups is 1. The van der Waals surface area contributed by atoms with Crippen molar-refractivity contribution in [3.63, 3.8) is 0 Å². The Morgan fingerprint density at radius 3 is 2.81 bits per heavy atom. The molecular weight excluding hydrogens is 269 g/mol. The molecule has 1 atom stereocenters. The van der Waals surface area contributed by atoms with Crippen molar-refractivity contribution in [2.45, 2.75) is 19.6 Å². The van der Waals surface area contributed by atoms with Crippen molar-refractivity contribution in [3.8, 4) is 5.75 Å². The zero-order valence-electron chi connectivity index (χ0n) is 11.9. The molecule has 0 aromatic heterocycles. The molecule has 2 aromatic rings. The van der Waals surface area contributed by atoms with E-state index in [-0.39, 0.29) is 5.82 Å². The Kier molecular flexibility index (Phi) is 3.80. The first kappa shape index (κ1) is 13.9. The molecule has 0 radical (unpaired) electrons. The third-order valence-corrected chi connectivity index (χ3v) is 3.74. The molecule has 110 valence electrons. The minimum Gasteiger partial charge on any atom is -0.491 e. The van der Waals surface area contributed by atoms with Gasteiger partial charge in [0.05, 0.1) is 18.3 Å². The number of nitrogens with zero attached hydrogens (tertiary/aromatic N) is 1. The van der Waals surface area contributed by atoms with Gasteiger partial charge in [0.1, 0.15) is 18.2 Å². The minimum atomic E-state index is -0.713. The summed E-state index contributed by atoms with van der Waals surface area (Å²) >= 11 is 0. The number of fused-ring (bicyclic) bond motifs is 1. The summed E-state index contributed by atoms with van der Waals surface area (Å²) in [6.45, 7) is 3.29. The molecule has 3 rings (SSSR count). The molecule has 1 aliphatic heterocycles. The zero-order valence-corrected chi connectivity index (χ0v) is 11.9. The van der Waals surface area contributed by atoms with Crippen LogP contribution in [0.2, 0.25) is 0 Å². The summed E-state index contributed by atoms with van der Waals surface area (Å²) in [6.07, 6.45) is -0.713. The van der Waals surface area contributed by atoms with Crippen LogP contribution in [0.3, 0.4) is 0 Å². The minimum absolute atomic E-state index is 0.312. The van der Waals surface area contributed by atoms with Crippen LogP contribution in [0, 0.1) is 5.82 Å². The summed E-state index contributed by atoms with van der Waals surface area (Å²) in [7, 11) is 0. The summed E-state index contributed by atoms with van der Waals surface area (Å²) < 4.78 is 20.0. The second-order valence-electron chi connectivity index (χ2n) is 5.23. The Morgan fingerprint density at radius 1 is 1.19 bits per heavy atom. The van der Waals surface area contributed by atoms with Crippen molar-refractivity contribution >= 4 is 5.69 Å². The van der Waals surface area contributed by atoms with Crippen LogP contribution in [-0.2, 0) is 6.54 Å². The molecule has 1 aliphatic rings. The van der Waals surface area contributed by atoms with Crippen molar-refractivity contribution in [3.05, 3.63) is 59.4 Å². The fraction of sp³-hybridized carbons (Fsp3) is 0.294. The monoisotopic (exact) mass is 287 g/mol. The highest BCUT2D eigenvalue weighted by Crippen LogP contribution is 2.33. The fourth-order valence-corrected chi connectivity index (χ4v) is 2.72. The van der Waals surface area contributed by atoms with E-state index in [2.05, 4.69) is 0 Å². The number of anilines is 1. The summed E-state index contributed by atoms with van der Waals surface area (Å²) in [6, 6.07) is 12.6. The van der Waals surface area contributed by atoms with E-state index in [1.54, 1.807) is 19.1 Å². The van der Waals surface area contributed by atoms with E-state index < -0.39 is 6.10 Å². The van der Waals surface area contributed by atoms with Gasteiger partial charge < -0.3 is 14.7 Å². The molecule has 0 spiro atoms. The van der Waals surface area contributed by atoms with E-state index in [1.165, 1.54) is 6.07 Å². The van der Waals surface area contributed by atoms with Crippen LogP contribution >= 0.6 is 0 Å². The largest absolute Gasteiger partial charge is 0.491 e. The smallest absolute Gasteiger partial charge is 0.146 e. The number of halogens is 1. The third-order valence-electron chi connectivity index (χ3n) is 3.74. The first-order valence-electron chi connectivity index (χ1n) is 7.09. The first-order chi connectivity index (χ1) is 10.2. The van der Waals surface area contributed by atoms with Crippen molar-refractivity contribution in [2.24, 2.45) is 0 Å². The molecule has 0 aliphatic carbocycles. The lowest BCUT2D eigenvalue weighted by atomic mass is 10.1. The summed E-state index contributed by atoms with van der Waals surface area (Å²) in [5, 5.41) is 9.90. The van der Waals surface area contributed by atoms with Gasteiger partial charge in [0.2, 0.25) is 0 Å². The highest BCUT2D eigenvalue weighted by molar-refractivity contribution is 5.57. The van der Waals surface area contributed by atoms with Crippen molar-refractivity contribution in [1.29, 1.82) is 0 Å². The van der Waals surface area contributed by atoms with E-state index in [1.807, 2.05) is 29.2 Å². The molecular formula is C17H18FNO2. The Balaban J connectivity index is 2.02. The lowest BCUT2D eigenvalue weighted by Gasteiger charge is -2.26. The predicted molar refractivity (Wildman–Crippen MR) is 80.0 cm³/mol. The number of hydrogen-bond acceptors (Lipinski definition) is 3. The number of benzene rings is 2. The van der Waals surface area contributed by atoms with Gasteiger partial charge in [0.15, 0.2) is 0 Å². The lowest BCUT2D eigenvalue weighted by Crippen LogP contribution is -2.27. The van der Waals surface area contributed by atoms with E-state index >= 15 is 0 Å². The van der Waals surface area contributed by atoms with Crippen molar-refractivity contribution in [1.82, 2.24) is 0 Å². The molecule has 0 saturated carbocycles. The Labute approximate surface area is 123 Å². The normalized spacial score (nSPS) is 15.9. The van der Waals surface area contributed by atoms with Gasteiger partial charge in [-0.15, -0.1) is 0 Å². The molecule has 0 saturated heterocycles. The molecule has 0 amide bonds. The maximum absolute atomic E-state index is 14.3. The highest BCUT2D eigenvalue weighted by Gasteiger charge is 2.22.